The third-order valence-electron chi connectivity index (χ3n) is 4.35. The van der Waals surface area contributed by atoms with Crippen molar-refractivity contribution >= 4 is 17.5 Å². The highest BCUT2D eigenvalue weighted by atomic mass is 19.4. The maximum atomic E-state index is 13.6. The predicted octanol–water partition coefficient (Wildman–Crippen LogP) is 4.79. The molecule has 0 saturated heterocycles. The first-order valence-electron chi connectivity index (χ1n) is 9.44. The summed E-state index contributed by atoms with van der Waals surface area (Å²) in [7, 11) is 0. The van der Waals surface area contributed by atoms with Crippen molar-refractivity contribution in [2.75, 3.05) is 11.9 Å². The second-order valence-corrected chi connectivity index (χ2v) is 6.69. The van der Waals surface area contributed by atoms with Crippen LogP contribution in [0.4, 0.5) is 23.2 Å². The fourth-order valence-electron chi connectivity index (χ4n) is 2.81. The van der Waals surface area contributed by atoms with Crippen molar-refractivity contribution in [1.82, 2.24) is 5.32 Å². The molecule has 0 unspecified atom stereocenters. The van der Waals surface area contributed by atoms with Crippen molar-refractivity contribution in [1.29, 1.82) is 0 Å². The van der Waals surface area contributed by atoms with Crippen LogP contribution in [0.5, 0.6) is 5.75 Å². The number of hydrogen-bond donors (Lipinski definition) is 2. The molecule has 0 bridgehead atoms. The zero-order valence-electron chi connectivity index (χ0n) is 16.6. The van der Waals surface area contributed by atoms with Crippen LogP contribution in [0.25, 0.3) is 0 Å². The minimum absolute atomic E-state index is 0.00628. The molecular weight excluding hydrogens is 428 g/mol. The van der Waals surface area contributed by atoms with E-state index >= 15 is 0 Å². The Morgan fingerprint density at radius 2 is 1.62 bits per heavy atom. The van der Waals surface area contributed by atoms with E-state index in [2.05, 4.69) is 10.6 Å². The molecule has 3 aromatic carbocycles. The smallest absolute Gasteiger partial charge is 0.416 e. The van der Waals surface area contributed by atoms with Crippen LogP contribution in [-0.4, -0.2) is 18.4 Å². The lowest BCUT2D eigenvalue weighted by Gasteiger charge is -2.13. The number of para-hydroxylation sites is 2. The van der Waals surface area contributed by atoms with Crippen LogP contribution in [0.3, 0.4) is 0 Å². The van der Waals surface area contributed by atoms with Gasteiger partial charge >= 0.3 is 6.18 Å². The van der Waals surface area contributed by atoms with Gasteiger partial charge in [0.2, 0.25) is 0 Å². The average Bonchev–Trinajstić information content (AvgIpc) is 2.77. The Bertz CT molecular complexity index is 1120. The lowest BCUT2D eigenvalue weighted by Crippen LogP contribution is -2.25. The van der Waals surface area contributed by atoms with Crippen molar-refractivity contribution in [3.63, 3.8) is 0 Å². The lowest BCUT2D eigenvalue weighted by atomic mass is 10.1. The van der Waals surface area contributed by atoms with Gasteiger partial charge in [0, 0.05) is 6.54 Å². The van der Waals surface area contributed by atoms with Gasteiger partial charge in [-0.3, -0.25) is 9.59 Å². The predicted molar refractivity (Wildman–Crippen MR) is 110 cm³/mol. The summed E-state index contributed by atoms with van der Waals surface area (Å²) < 4.78 is 57.5. The van der Waals surface area contributed by atoms with Crippen LogP contribution in [0, 0.1) is 5.82 Å². The van der Waals surface area contributed by atoms with Gasteiger partial charge < -0.3 is 15.4 Å². The second kappa shape index (κ2) is 9.95. The van der Waals surface area contributed by atoms with Gasteiger partial charge in [0.15, 0.2) is 6.61 Å². The Kier molecular flexibility index (Phi) is 7.09. The summed E-state index contributed by atoms with van der Waals surface area (Å²) in [4.78, 5) is 24.6. The van der Waals surface area contributed by atoms with E-state index in [-0.39, 0.29) is 29.1 Å². The van der Waals surface area contributed by atoms with Gasteiger partial charge in [-0.05, 0) is 42.0 Å². The quantitative estimate of drug-likeness (QED) is 0.513. The number of halogens is 4. The second-order valence-electron chi connectivity index (χ2n) is 6.69. The van der Waals surface area contributed by atoms with Gasteiger partial charge in [0.05, 0.1) is 16.8 Å². The molecule has 0 radical (unpaired) electrons. The Morgan fingerprint density at radius 3 is 2.38 bits per heavy atom. The summed E-state index contributed by atoms with van der Waals surface area (Å²) in [6, 6.07) is 16.3. The molecule has 2 amide bonds. The molecule has 0 heterocycles. The van der Waals surface area contributed by atoms with E-state index in [1.54, 1.807) is 18.2 Å². The summed E-state index contributed by atoms with van der Waals surface area (Å²) in [5, 5.41) is 4.89. The Hall–Kier alpha value is -3.88. The standard InChI is InChI=1S/C23H18F4N2O3/c24-18-9-2-3-10-19(18)29-21(30)14-32-20-11-4-1-8-17(20)22(31)28-13-15-6-5-7-16(12-15)23(25,26)27/h1-12H,13-14H2,(H,28,31)(H,29,30). The molecule has 166 valence electrons. The van der Waals surface area contributed by atoms with Gasteiger partial charge in [-0.1, -0.05) is 36.4 Å². The maximum Gasteiger partial charge on any atom is 0.416 e. The van der Waals surface area contributed by atoms with Crippen LogP contribution < -0.4 is 15.4 Å². The van der Waals surface area contributed by atoms with E-state index < -0.39 is 36.0 Å². The zero-order chi connectivity index (χ0) is 23.1. The number of benzene rings is 3. The van der Waals surface area contributed by atoms with E-state index in [4.69, 9.17) is 4.74 Å². The molecule has 3 aromatic rings. The molecule has 0 spiro atoms. The first kappa shape index (κ1) is 22.8. The topological polar surface area (TPSA) is 67.4 Å². The summed E-state index contributed by atoms with van der Waals surface area (Å²) >= 11 is 0. The van der Waals surface area contributed by atoms with Crippen LogP contribution in [0.1, 0.15) is 21.5 Å². The highest BCUT2D eigenvalue weighted by molar-refractivity contribution is 5.97. The molecule has 32 heavy (non-hydrogen) atoms. The number of carbonyl (C=O) groups excluding carboxylic acids is 2. The summed E-state index contributed by atoms with van der Waals surface area (Å²) in [6.07, 6.45) is -4.48. The number of nitrogens with one attached hydrogen (secondary N) is 2. The summed E-state index contributed by atoms with van der Waals surface area (Å²) in [5.41, 5.74) is -0.448. The highest BCUT2D eigenvalue weighted by Gasteiger charge is 2.30. The monoisotopic (exact) mass is 446 g/mol. The number of ether oxygens (including phenoxy) is 1. The van der Waals surface area contributed by atoms with Gasteiger partial charge in [0.25, 0.3) is 11.8 Å². The molecule has 2 N–H and O–H groups in total. The fraction of sp³-hybridized carbons (Fsp3) is 0.130. The van der Waals surface area contributed by atoms with Gasteiger partial charge in [-0.2, -0.15) is 13.2 Å². The van der Waals surface area contributed by atoms with E-state index in [9.17, 15) is 27.2 Å². The molecule has 0 aliphatic heterocycles. The third kappa shape index (κ3) is 6.07. The molecule has 0 saturated carbocycles. The molecule has 5 nitrogen and oxygen atoms in total. The minimum Gasteiger partial charge on any atom is -0.483 e. The van der Waals surface area contributed by atoms with Crippen LogP contribution in [0.2, 0.25) is 0 Å². The Balaban J connectivity index is 1.61. The molecule has 0 aliphatic rings. The lowest BCUT2D eigenvalue weighted by molar-refractivity contribution is -0.137. The summed E-state index contributed by atoms with van der Waals surface area (Å²) in [6.45, 7) is -0.614. The number of anilines is 1. The van der Waals surface area contributed by atoms with Crippen molar-refractivity contribution < 1.29 is 31.9 Å². The molecule has 3 rings (SSSR count). The number of rotatable bonds is 7. The maximum absolute atomic E-state index is 13.6. The van der Waals surface area contributed by atoms with Crippen molar-refractivity contribution in [2.24, 2.45) is 0 Å². The first-order valence-corrected chi connectivity index (χ1v) is 9.44. The average molecular weight is 446 g/mol. The molecule has 0 aromatic heterocycles. The SMILES string of the molecule is O=C(COc1ccccc1C(=O)NCc1cccc(C(F)(F)F)c1)Nc1ccccc1F. The van der Waals surface area contributed by atoms with Crippen molar-refractivity contribution in [3.05, 3.63) is 95.3 Å². The molecule has 0 atom stereocenters. The zero-order valence-corrected chi connectivity index (χ0v) is 16.6. The van der Waals surface area contributed by atoms with E-state index in [1.807, 2.05) is 0 Å². The first-order chi connectivity index (χ1) is 15.2. The van der Waals surface area contributed by atoms with E-state index in [1.165, 1.54) is 42.5 Å². The van der Waals surface area contributed by atoms with E-state index in [0.29, 0.717) is 0 Å². The van der Waals surface area contributed by atoms with Crippen LogP contribution >= 0.6 is 0 Å². The molecule has 0 fully saturated rings. The van der Waals surface area contributed by atoms with Crippen molar-refractivity contribution in [3.8, 4) is 5.75 Å². The number of alkyl halides is 3. The van der Waals surface area contributed by atoms with Gasteiger partial charge in [-0.15, -0.1) is 0 Å². The van der Waals surface area contributed by atoms with Crippen LogP contribution in [-0.2, 0) is 17.5 Å². The van der Waals surface area contributed by atoms with E-state index in [0.717, 1.165) is 12.1 Å². The summed E-state index contributed by atoms with van der Waals surface area (Å²) in [5.74, 6) is -1.73. The Morgan fingerprint density at radius 1 is 0.906 bits per heavy atom. The minimum atomic E-state index is -4.48. The normalized spacial score (nSPS) is 11.0. The van der Waals surface area contributed by atoms with Crippen LogP contribution in [0.15, 0.2) is 72.8 Å². The number of carbonyl (C=O) groups is 2. The Labute approximate surface area is 181 Å². The number of hydrogen-bond acceptors (Lipinski definition) is 3. The third-order valence-corrected chi connectivity index (χ3v) is 4.35. The van der Waals surface area contributed by atoms with Gasteiger partial charge in [-0.25, -0.2) is 4.39 Å². The fourth-order valence-corrected chi connectivity index (χ4v) is 2.81. The van der Waals surface area contributed by atoms with Crippen molar-refractivity contribution in [2.45, 2.75) is 12.7 Å². The molecule has 9 heteroatoms. The molecular formula is C23H18F4N2O3. The largest absolute Gasteiger partial charge is 0.483 e. The highest BCUT2D eigenvalue weighted by Crippen LogP contribution is 2.29. The van der Waals surface area contributed by atoms with Gasteiger partial charge in [0.1, 0.15) is 11.6 Å². The number of amides is 2. The molecule has 0 aliphatic carbocycles.